The fourth-order valence-electron chi connectivity index (χ4n) is 21.4. The van der Waals surface area contributed by atoms with Crippen molar-refractivity contribution in [2.45, 2.75) is 16.2 Å². The Morgan fingerprint density at radius 3 is 0.961 bits per heavy atom. The summed E-state index contributed by atoms with van der Waals surface area (Å²) in [6, 6.07) is 174. The fraction of sp³-hybridized carbons (Fsp3) is 0.0244. The third kappa shape index (κ3) is 12.5. The van der Waals surface area contributed by atoms with Gasteiger partial charge in [0.25, 0.3) is 0 Å². The summed E-state index contributed by atoms with van der Waals surface area (Å²) in [6.07, 6.45) is 0. The molecular formula is C123H83N3O3. The highest BCUT2D eigenvalue weighted by atomic mass is 16.3. The van der Waals surface area contributed by atoms with Crippen LogP contribution >= 0.6 is 0 Å². The maximum atomic E-state index is 6.57. The Balaban J connectivity index is 0.000000108. The van der Waals surface area contributed by atoms with Gasteiger partial charge in [0.2, 0.25) is 0 Å². The van der Waals surface area contributed by atoms with Crippen molar-refractivity contribution >= 4 is 99.9 Å². The summed E-state index contributed by atoms with van der Waals surface area (Å²) in [4.78, 5) is 0. The third-order valence-corrected chi connectivity index (χ3v) is 26.8. The molecule has 3 N–H and O–H groups in total. The van der Waals surface area contributed by atoms with Crippen LogP contribution in [-0.4, -0.2) is 0 Å². The van der Waals surface area contributed by atoms with Gasteiger partial charge in [0.05, 0.1) is 21.9 Å². The Morgan fingerprint density at radius 1 is 0.163 bits per heavy atom. The van der Waals surface area contributed by atoms with E-state index in [0.29, 0.717) is 0 Å². The topological polar surface area (TPSA) is 75.5 Å². The number of rotatable bonds is 14. The molecular weight excluding hydrogens is 1570 g/mol. The molecule has 0 fully saturated rings. The fourth-order valence-corrected chi connectivity index (χ4v) is 21.4. The molecule has 0 saturated carbocycles. The van der Waals surface area contributed by atoms with Gasteiger partial charge in [-0.2, -0.15) is 0 Å². The number of hydrogen-bond acceptors (Lipinski definition) is 6. The lowest BCUT2D eigenvalue weighted by molar-refractivity contribution is 0.669. The molecule has 0 amide bonds. The molecule has 0 bridgehead atoms. The van der Waals surface area contributed by atoms with E-state index in [9.17, 15) is 0 Å². The van der Waals surface area contributed by atoms with Crippen LogP contribution in [0.4, 0.5) is 34.1 Å². The van der Waals surface area contributed by atoms with Gasteiger partial charge in [-0.1, -0.05) is 394 Å². The van der Waals surface area contributed by atoms with Crippen molar-refractivity contribution in [3.63, 3.8) is 0 Å². The number of para-hydroxylation sites is 4. The molecule has 3 heterocycles. The molecule has 608 valence electrons. The number of furan rings is 3. The molecule has 0 spiro atoms. The number of anilines is 6. The van der Waals surface area contributed by atoms with Gasteiger partial charge in [-0.15, -0.1) is 0 Å². The Kier molecular flexibility index (Phi) is 18.5. The summed E-state index contributed by atoms with van der Waals surface area (Å²) < 4.78 is 19.0. The van der Waals surface area contributed by atoms with Gasteiger partial charge in [-0.25, -0.2) is 0 Å². The smallest absolute Gasteiger partial charge is 0.158 e. The zero-order valence-corrected chi connectivity index (χ0v) is 70.4. The molecule has 0 saturated heterocycles. The lowest BCUT2D eigenvalue weighted by atomic mass is 9.67. The van der Waals surface area contributed by atoms with E-state index in [0.717, 1.165) is 111 Å². The lowest BCUT2D eigenvalue weighted by Gasteiger charge is -2.34. The van der Waals surface area contributed by atoms with Crippen LogP contribution in [0.2, 0.25) is 0 Å². The largest absolute Gasteiger partial charge is 0.456 e. The number of fused-ring (bicyclic) bond motifs is 18. The maximum absolute atomic E-state index is 6.57. The minimum absolute atomic E-state index is 0.408. The Hall–Kier alpha value is -16.8. The van der Waals surface area contributed by atoms with E-state index in [1.54, 1.807) is 0 Å². The van der Waals surface area contributed by atoms with Crippen LogP contribution < -0.4 is 16.0 Å². The Bertz CT molecular complexity index is 8090. The predicted octanol–water partition coefficient (Wildman–Crippen LogP) is 32.4. The molecule has 3 aliphatic carbocycles. The molecule has 3 aliphatic rings. The first-order valence-electron chi connectivity index (χ1n) is 44.2. The van der Waals surface area contributed by atoms with Crippen molar-refractivity contribution in [3.05, 3.63) is 552 Å². The summed E-state index contributed by atoms with van der Waals surface area (Å²) in [5, 5.41) is 17.9. The molecule has 23 aromatic rings. The first kappa shape index (κ1) is 75.9. The molecule has 0 aliphatic heterocycles. The summed E-state index contributed by atoms with van der Waals surface area (Å²) >= 11 is 0. The highest BCUT2D eigenvalue weighted by molar-refractivity contribution is 6.16. The summed E-state index contributed by atoms with van der Waals surface area (Å²) in [6.45, 7) is 0. The number of hydrogen-bond donors (Lipinski definition) is 3. The van der Waals surface area contributed by atoms with Crippen molar-refractivity contribution in [2.75, 3.05) is 16.0 Å². The molecule has 129 heavy (non-hydrogen) atoms. The van der Waals surface area contributed by atoms with Gasteiger partial charge in [0, 0.05) is 72.4 Å². The average molecular weight is 1650 g/mol. The molecule has 3 aromatic heterocycles. The Morgan fingerprint density at radius 2 is 0.473 bits per heavy atom. The zero-order chi connectivity index (χ0) is 85.4. The van der Waals surface area contributed by atoms with E-state index in [1.165, 1.54) is 111 Å². The molecule has 0 unspecified atom stereocenters. The Labute approximate surface area is 748 Å². The lowest BCUT2D eigenvalue weighted by Crippen LogP contribution is -2.28. The van der Waals surface area contributed by atoms with Crippen LogP contribution in [0.3, 0.4) is 0 Å². The second-order valence-electron chi connectivity index (χ2n) is 33.7. The van der Waals surface area contributed by atoms with E-state index in [-0.39, 0.29) is 0 Å². The summed E-state index contributed by atoms with van der Waals surface area (Å²) in [5.74, 6) is 0. The highest BCUT2D eigenvalue weighted by Gasteiger charge is 2.49. The summed E-state index contributed by atoms with van der Waals surface area (Å²) in [7, 11) is 0. The molecule has 0 radical (unpaired) electrons. The molecule has 0 atom stereocenters. The van der Waals surface area contributed by atoms with Gasteiger partial charge in [-0.3, -0.25) is 0 Å². The quantitative estimate of drug-likeness (QED) is 0.101. The van der Waals surface area contributed by atoms with Crippen LogP contribution in [0.5, 0.6) is 0 Å². The minimum Gasteiger partial charge on any atom is -0.456 e. The molecule has 6 heteroatoms. The van der Waals surface area contributed by atoms with Gasteiger partial charge >= 0.3 is 0 Å². The molecule has 6 nitrogen and oxygen atoms in total. The van der Waals surface area contributed by atoms with Crippen LogP contribution in [0.15, 0.2) is 499 Å². The predicted molar refractivity (Wildman–Crippen MR) is 533 cm³/mol. The van der Waals surface area contributed by atoms with Gasteiger partial charge in [0.15, 0.2) is 5.58 Å². The third-order valence-electron chi connectivity index (χ3n) is 26.8. The van der Waals surface area contributed by atoms with Crippen molar-refractivity contribution in [1.82, 2.24) is 0 Å². The number of benzene rings is 20. The first-order valence-corrected chi connectivity index (χ1v) is 44.2. The van der Waals surface area contributed by atoms with Crippen LogP contribution in [0, 0.1) is 0 Å². The van der Waals surface area contributed by atoms with Crippen molar-refractivity contribution in [1.29, 1.82) is 0 Å². The van der Waals surface area contributed by atoms with Crippen LogP contribution in [0.1, 0.15) is 66.8 Å². The SMILES string of the molecule is c1ccc(-c2cccc3oc4c(Nc5cccc(C6(c7ccccc7)c7ccccc7-c7ccccc76)c5)cccc4c23)cc1.c1ccc(C2(c3cccc(Nc4ccc(-c5cccc6c5oc5ccccc56)cc4)c3)c3ccccc3-c3ccccc32)cc1.c1ccc(C2(c3cccc(Nc4ccc5c(c4)oc4ccccc45)c3)c3ccccc3-c3ccccc32)cc1. The average Bonchev–Trinajstić information content (AvgIpc) is 1.55. The van der Waals surface area contributed by atoms with E-state index >= 15 is 0 Å². The molecule has 26 rings (SSSR count). The van der Waals surface area contributed by atoms with E-state index in [4.69, 9.17) is 13.3 Å². The second-order valence-corrected chi connectivity index (χ2v) is 33.7. The van der Waals surface area contributed by atoms with Crippen molar-refractivity contribution in [3.8, 4) is 55.6 Å². The second kappa shape index (κ2) is 31.5. The van der Waals surface area contributed by atoms with E-state index in [1.807, 2.05) is 24.3 Å². The minimum atomic E-state index is -0.442. The van der Waals surface area contributed by atoms with Crippen molar-refractivity contribution < 1.29 is 13.3 Å². The van der Waals surface area contributed by atoms with Crippen LogP contribution in [0.25, 0.3) is 121 Å². The van der Waals surface area contributed by atoms with Gasteiger partial charge in [0.1, 0.15) is 27.9 Å². The van der Waals surface area contributed by atoms with Gasteiger partial charge < -0.3 is 29.2 Å². The first-order chi connectivity index (χ1) is 63.9. The maximum Gasteiger partial charge on any atom is 0.158 e. The van der Waals surface area contributed by atoms with Crippen LogP contribution in [-0.2, 0) is 16.2 Å². The standard InChI is InChI=1S/2C43H29NO.C37H25NO/c1-3-14-29(15-4-1)33-22-13-27-40-41(33)36-23-12-26-39(42(36)45-40)44-32-19-11-18-31(28-32)43(30-16-5-2-6-17-30)37-24-9-7-20-34(37)35-21-8-10-25-38(35)43;1-2-12-30(13-3-1)43(39-21-7-4-16-35(39)36-17-5-8-22-40(36)43)31-14-10-15-33(28-31)44-32-26-24-29(25-27-32)34-19-11-20-38-37-18-6-9-23-41(37)45-42(34)38;1-2-11-25(12-3-1)37(33-18-7-4-15-29(33)30-16-5-8-19-34(30)37)26-13-10-14-27(23-26)38-28-21-22-32-31-17-6-9-20-35(31)39-36(32)24-28/h2*1-28,44H;1-24,38H. The highest BCUT2D eigenvalue weighted by Crippen LogP contribution is 2.60. The van der Waals surface area contributed by atoms with Crippen molar-refractivity contribution in [2.24, 2.45) is 0 Å². The van der Waals surface area contributed by atoms with E-state index < -0.39 is 16.2 Å². The normalized spacial score (nSPS) is 13.1. The summed E-state index contributed by atoms with van der Waals surface area (Å²) in [5.41, 5.74) is 37.9. The van der Waals surface area contributed by atoms with E-state index in [2.05, 4.69) is 477 Å². The van der Waals surface area contributed by atoms with Gasteiger partial charge in [-0.05, 0) is 202 Å². The monoisotopic (exact) mass is 1650 g/mol. The number of nitrogens with one attached hydrogen (secondary N) is 3. The molecule has 20 aromatic carbocycles. The zero-order valence-electron chi connectivity index (χ0n) is 70.4.